The Balaban J connectivity index is 1.56. The molecule has 168 valence electrons. The third kappa shape index (κ3) is 4.47. The van der Waals surface area contributed by atoms with Crippen molar-refractivity contribution in [2.75, 3.05) is 7.05 Å². The largest absolute Gasteiger partial charge is 0.468 e. The second kappa shape index (κ2) is 8.71. The molecule has 0 radical (unpaired) electrons. The minimum absolute atomic E-state index is 0.725. The molecule has 0 N–H and O–H groups in total. The van der Waals surface area contributed by atoms with Crippen LogP contribution in [-0.4, -0.2) is 31.3 Å². The maximum atomic E-state index is 5.55. The first-order valence-electron chi connectivity index (χ1n) is 11.2. The molecule has 0 unspecified atom stereocenters. The summed E-state index contributed by atoms with van der Waals surface area (Å²) in [6.07, 6.45) is 5.67. The average Bonchev–Trinajstić information content (AvgIpc) is 3.52. The van der Waals surface area contributed by atoms with Crippen molar-refractivity contribution in [2.24, 2.45) is 7.05 Å². The lowest BCUT2D eigenvalue weighted by Crippen LogP contribution is -2.20. The number of furan rings is 1. The number of aromatic nitrogens is 4. The smallest absolute Gasteiger partial charge is 0.124 e. The lowest BCUT2D eigenvalue weighted by atomic mass is 10.1. The third-order valence-electron chi connectivity index (χ3n) is 6.12. The fraction of sp³-hybridized carbons (Fsp3) is 0.259. The second-order valence-corrected chi connectivity index (χ2v) is 8.90. The van der Waals surface area contributed by atoms with Crippen LogP contribution in [0.3, 0.4) is 0 Å². The molecule has 0 saturated carbocycles. The van der Waals surface area contributed by atoms with E-state index >= 15 is 0 Å². The predicted molar refractivity (Wildman–Crippen MR) is 131 cm³/mol. The molecule has 0 atom stereocenters. The monoisotopic (exact) mass is 439 g/mol. The number of imidazole rings is 1. The lowest BCUT2D eigenvalue weighted by Gasteiger charge is -2.17. The topological polar surface area (TPSA) is 52.0 Å². The molecule has 3 aromatic heterocycles. The van der Waals surface area contributed by atoms with Gasteiger partial charge in [-0.25, -0.2) is 4.98 Å². The van der Waals surface area contributed by atoms with E-state index in [0.29, 0.717) is 0 Å². The van der Waals surface area contributed by atoms with E-state index in [9.17, 15) is 0 Å². The van der Waals surface area contributed by atoms with Gasteiger partial charge in [0.1, 0.15) is 11.6 Å². The zero-order chi connectivity index (χ0) is 22.9. The van der Waals surface area contributed by atoms with Crippen LogP contribution in [0.4, 0.5) is 0 Å². The lowest BCUT2D eigenvalue weighted by molar-refractivity contribution is 0.278. The van der Waals surface area contributed by atoms with Crippen molar-refractivity contribution >= 4 is 11.0 Å². The van der Waals surface area contributed by atoms with Gasteiger partial charge in [-0.05, 0) is 61.9 Å². The van der Waals surface area contributed by atoms with Crippen LogP contribution in [0, 0.1) is 13.8 Å². The van der Waals surface area contributed by atoms with E-state index in [1.807, 2.05) is 36.3 Å². The molecule has 0 aliphatic rings. The van der Waals surface area contributed by atoms with Gasteiger partial charge in [-0.2, -0.15) is 5.10 Å². The van der Waals surface area contributed by atoms with Crippen LogP contribution < -0.4 is 0 Å². The normalized spacial score (nSPS) is 11.7. The molecular formula is C27H29N5O. The number of nitrogens with zero attached hydrogens (tertiary/aromatic N) is 5. The van der Waals surface area contributed by atoms with Gasteiger partial charge in [0.15, 0.2) is 0 Å². The highest BCUT2D eigenvalue weighted by Gasteiger charge is 2.16. The summed E-state index contributed by atoms with van der Waals surface area (Å²) in [5.74, 6) is 2.00. The number of fused-ring (bicyclic) bond motifs is 1. The van der Waals surface area contributed by atoms with Crippen LogP contribution in [-0.2, 0) is 26.7 Å². The van der Waals surface area contributed by atoms with Gasteiger partial charge < -0.3 is 8.98 Å². The summed E-state index contributed by atoms with van der Waals surface area (Å²) in [6.45, 7) is 6.57. The summed E-state index contributed by atoms with van der Waals surface area (Å²) in [5, 5.41) is 4.34. The van der Waals surface area contributed by atoms with Gasteiger partial charge in [-0.15, -0.1) is 0 Å². The first kappa shape index (κ1) is 21.2. The summed E-state index contributed by atoms with van der Waals surface area (Å²) in [5.41, 5.74) is 8.28. The molecule has 0 saturated heterocycles. The molecule has 0 aliphatic heterocycles. The van der Waals surface area contributed by atoms with Gasteiger partial charge in [0, 0.05) is 25.4 Å². The number of rotatable bonds is 7. The number of aryl methyl sites for hydroxylation is 3. The summed E-state index contributed by atoms with van der Waals surface area (Å²) < 4.78 is 9.74. The van der Waals surface area contributed by atoms with Gasteiger partial charge in [-0.1, -0.05) is 29.8 Å². The van der Waals surface area contributed by atoms with Crippen molar-refractivity contribution in [2.45, 2.75) is 33.5 Å². The van der Waals surface area contributed by atoms with Crippen molar-refractivity contribution < 1.29 is 4.42 Å². The van der Waals surface area contributed by atoms with Gasteiger partial charge in [0.05, 0.1) is 36.6 Å². The zero-order valence-electron chi connectivity index (χ0n) is 19.6. The van der Waals surface area contributed by atoms with Crippen molar-refractivity contribution in [3.63, 3.8) is 0 Å². The van der Waals surface area contributed by atoms with E-state index in [4.69, 9.17) is 9.40 Å². The van der Waals surface area contributed by atoms with E-state index < -0.39 is 0 Å². The molecule has 6 heteroatoms. The highest BCUT2D eigenvalue weighted by Crippen LogP contribution is 2.27. The maximum Gasteiger partial charge on any atom is 0.124 e. The quantitative estimate of drug-likeness (QED) is 0.344. The van der Waals surface area contributed by atoms with Gasteiger partial charge in [0.2, 0.25) is 0 Å². The van der Waals surface area contributed by atoms with Gasteiger partial charge >= 0.3 is 0 Å². The average molecular weight is 440 g/mol. The molecule has 6 nitrogen and oxygen atoms in total. The minimum atomic E-state index is 0.725. The first-order valence-corrected chi connectivity index (χ1v) is 11.2. The van der Waals surface area contributed by atoms with Crippen molar-refractivity contribution in [1.82, 2.24) is 24.2 Å². The Hall–Kier alpha value is -3.64. The third-order valence-corrected chi connectivity index (χ3v) is 6.12. The van der Waals surface area contributed by atoms with Crippen LogP contribution in [0.25, 0.3) is 22.2 Å². The fourth-order valence-corrected chi connectivity index (χ4v) is 4.33. The highest BCUT2D eigenvalue weighted by molar-refractivity contribution is 5.82. The molecule has 0 aliphatic carbocycles. The van der Waals surface area contributed by atoms with Crippen LogP contribution in [0.1, 0.15) is 28.3 Å². The van der Waals surface area contributed by atoms with E-state index in [1.165, 1.54) is 16.7 Å². The standard InChI is InChI=1S/C27H29N5O/c1-19-7-8-20(2)22(12-19)16-32-26-13-21(23-14-28-31(4)15-23)9-10-25(26)29-27(32)18-30(3)17-24-6-5-11-33-24/h5-15H,16-18H2,1-4H3. The van der Waals surface area contributed by atoms with E-state index in [0.717, 1.165) is 53.4 Å². The Bertz CT molecular complexity index is 1390. The summed E-state index contributed by atoms with van der Waals surface area (Å²) >= 11 is 0. The Morgan fingerprint density at radius 1 is 1.00 bits per heavy atom. The summed E-state index contributed by atoms with van der Waals surface area (Å²) in [7, 11) is 4.05. The number of hydrogen-bond donors (Lipinski definition) is 0. The van der Waals surface area contributed by atoms with E-state index in [1.54, 1.807) is 6.26 Å². The van der Waals surface area contributed by atoms with E-state index in [-0.39, 0.29) is 0 Å². The maximum absolute atomic E-state index is 5.55. The van der Waals surface area contributed by atoms with Crippen LogP contribution in [0.5, 0.6) is 0 Å². The summed E-state index contributed by atoms with van der Waals surface area (Å²) in [4.78, 5) is 7.28. The predicted octanol–water partition coefficient (Wildman–Crippen LogP) is 5.33. The highest BCUT2D eigenvalue weighted by atomic mass is 16.3. The molecule has 33 heavy (non-hydrogen) atoms. The van der Waals surface area contributed by atoms with E-state index in [2.05, 4.69) is 71.9 Å². The van der Waals surface area contributed by atoms with Crippen molar-refractivity contribution in [1.29, 1.82) is 0 Å². The fourth-order valence-electron chi connectivity index (χ4n) is 4.33. The van der Waals surface area contributed by atoms with Crippen molar-refractivity contribution in [3.8, 4) is 11.1 Å². The zero-order valence-corrected chi connectivity index (χ0v) is 19.6. The number of hydrogen-bond acceptors (Lipinski definition) is 4. The van der Waals surface area contributed by atoms with Crippen LogP contribution >= 0.6 is 0 Å². The SMILES string of the molecule is Cc1ccc(C)c(Cn2c(CN(C)Cc3ccco3)nc3ccc(-c4cnn(C)c4)cc32)c1. The molecule has 0 spiro atoms. The molecular weight excluding hydrogens is 410 g/mol. The minimum Gasteiger partial charge on any atom is -0.468 e. The molecule has 5 aromatic rings. The molecule has 5 rings (SSSR count). The van der Waals surface area contributed by atoms with Crippen LogP contribution in [0.2, 0.25) is 0 Å². The van der Waals surface area contributed by atoms with Crippen molar-refractivity contribution in [3.05, 3.63) is 95.5 Å². The Morgan fingerprint density at radius 2 is 1.88 bits per heavy atom. The molecule has 0 bridgehead atoms. The Labute approximate surface area is 194 Å². The Morgan fingerprint density at radius 3 is 2.64 bits per heavy atom. The Kier molecular flexibility index (Phi) is 5.60. The molecule has 0 amide bonds. The molecule has 0 fully saturated rings. The molecule has 3 heterocycles. The van der Waals surface area contributed by atoms with Crippen LogP contribution in [0.15, 0.2) is 71.6 Å². The van der Waals surface area contributed by atoms with Gasteiger partial charge in [0.25, 0.3) is 0 Å². The number of benzene rings is 2. The second-order valence-electron chi connectivity index (χ2n) is 8.90. The van der Waals surface area contributed by atoms with Gasteiger partial charge in [-0.3, -0.25) is 9.58 Å². The first-order chi connectivity index (χ1) is 16.0. The molecule has 2 aromatic carbocycles. The summed E-state index contributed by atoms with van der Waals surface area (Å²) in [6, 6.07) is 17.1.